The van der Waals surface area contributed by atoms with Gasteiger partial charge in [-0.25, -0.2) is 4.98 Å². The summed E-state index contributed by atoms with van der Waals surface area (Å²) in [6.45, 7) is 5.93. The molecule has 0 atom stereocenters. The maximum atomic E-state index is 12.5. The van der Waals surface area contributed by atoms with Crippen LogP contribution in [0.5, 0.6) is 5.75 Å². The minimum atomic E-state index is -0.307. The number of aromatic nitrogens is 2. The Morgan fingerprint density at radius 2 is 1.80 bits per heavy atom. The van der Waals surface area contributed by atoms with Crippen LogP contribution in [0.4, 0.5) is 11.4 Å². The topological polar surface area (TPSA) is 76.5 Å². The van der Waals surface area contributed by atoms with E-state index in [1.807, 2.05) is 48.5 Å². The number of hydrogen-bond acceptors (Lipinski definition) is 5. The number of carbonyl (C=O) groups excluding carboxylic acids is 1. The van der Waals surface area contributed by atoms with Crippen LogP contribution in [-0.2, 0) is 11.3 Å². The fraction of sp³-hybridized carbons (Fsp3) is 0.261. The van der Waals surface area contributed by atoms with Gasteiger partial charge in [0.1, 0.15) is 12.3 Å². The van der Waals surface area contributed by atoms with Crippen molar-refractivity contribution in [3.8, 4) is 17.0 Å². The van der Waals surface area contributed by atoms with Gasteiger partial charge in [-0.05, 0) is 50.2 Å². The van der Waals surface area contributed by atoms with Crippen molar-refractivity contribution < 1.29 is 9.53 Å². The molecule has 0 aliphatic heterocycles. The molecule has 156 valence electrons. The molecule has 0 aliphatic carbocycles. The Labute approximate surface area is 175 Å². The molecule has 0 spiro atoms. The molecule has 30 heavy (non-hydrogen) atoms. The molecule has 1 aromatic heterocycles. The predicted octanol–water partition coefficient (Wildman–Crippen LogP) is 3.40. The van der Waals surface area contributed by atoms with Crippen LogP contribution in [-0.4, -0.2) is 35.7 Å². The smallest absolute Gasteiger partial charge is 0.254 e. The number of anilines is 2. The summed E-state index contributed by atoms with van der Waals surface area (Å²) < 4.78 is 6.60. The number of ether oxygens (including phenoxy) is 1. The zero-order valence-corrected chi connectivity index (χ0v) is 17.5. The van der Waals surface area contributed by atoms with Crippen molar-refractivity contribution in [1.29, 1.82) is 0 Å². The van der Waals surface area contributed by atoms with Gasteiger partial charge in [-0.1, -0.05) is 12.1 Å². The van der Waals surface area contributed by atoms with E-state index < -0.39 is 0 Å². The van der Waals surface area contributed by atoms with Gasteiger partial charge < -0.3 is 15.0 Å². The number of methoxy groups -OCH3 is 1. The summed E-state index contributed by atoms with van der Waals surface area (Å²) in [5.41, 5.74) is 2.70. The van der Waals surface area contributed by atoms with Gasteiger partial charge in [-0.15, -0.1) is 0 Å². The van der Waals surface area contributed by atoms with Crippen molar-refractivity contribution in [3.63, 3.8) is 0 Å². The third kappa shape index (κ3) is 4.86. The van der Waals surface area contributed by atoms with Crippen LogP contribution in [0.3, 0.4) is 0 Å². The van der Waals surface area contributed by atoms with Crippen molar-refractivity contribution in [2.24, 2.45) is 0 Å². The van der Waals surface area contributed by atoms with E-state index >= 15 is 0 Å². The van der Waals surface area contributed by atoms with Crippen molar-refractivity contribution >= 4 is 17.3 Å². The highest BCUT2D eigenvalue weighted by molar-refractivity contribution is 5.90. The van der Waals surface area contributed by atoms with E-state index in [0.29, 0.717) is 17.1 Å². The van der Waals surface area contributed by atoms with E-state index in [1.165, 1.54) is 17.0 Å². The molecule has 0 unspecified atom stereocenters. The quantitative estimate of drug-likeness (QED) is 0.620. The number of benzene rings is 2. The number of nitrogens with one attached hydrogen (secondary N) is 1. The van der Waals surface area contributed by atoms with Crippen LogP contribution in [0.25, 0.3) is 11.3 Å². The van der Waals surface area contributed by atoms with Crippen LogP contribution < -0.4 is 20.5 Å². The summed E-state index contributed by atoms with van der Waals surface area (Å²) in [6.07, 6.45) is 1.38. The second kappa shape index (κ2) is 9.73. The molecule has 3 aromatic rings. The molecule has 7 nitrogen and oxygen atoms in total. The number of rotatable bonds is 8. The fourth-order valence-electron chi connectivity index (χ4n) is 3.25. The van der Waals surface area contributed by atoms with Crippen molar-refractivity contribution in [3.05, 3.63) is 71.3 Å². The van der Waals surface area contributed by atoms with Gasteiger partial charge in [0.25, 0.3) is 5.56 Å². The molecule has 0 aliphatic rings. The lowest BCUT2D eigenvalue weighted by Crippen LogP contribution is -2.27. The second-order valence-electron chi connectivity index (χ2n) is 6.71. The van der Waals surface area contributed by atoms with Gasteiger partial charge in [-0.3, -0.25) is 14.2 Å². The van der Waals surface area contributed by atoms with Crippen molar-refractivity contribution in [1.82, 2.24) is 9.55 Å². The highest BCUT2D eigenvalue weighted by atomic mass is 16.5. The minimum absolute atomic E-state index is 0.115. The van der Waals surface area contributed by atoms with Crippen molar-refractivity contribution in [2.45, 2.75) is 20.4 Å². The van der Waals surface area contributed by atoms with Gasteiger partial charge in [0.15, 0.2) is 0 Å². The van der Waals surface area contributed by atoms with Crippen LogP contribution in [0.15, 0.2) is 65.7 Å². The normalized spacial score (nSPS) is 10.5. The number of amides is 1. The molecular formula is C23H26N4O3. The number of carbonyl (C=O) groups is 1. The first-order valence-corrected chi connectivity index (χ1v) is 9.90. The summed E-state index contributed by atoms with van der Waals surface area (Å²) in [5, 5.41) is 2.82. The zero-order chi connectivity index (χ0) is 21.5. The average molecular weight is 406 g/mol. The van der Waals surface area contributed by atoms with E-state index in [0.717, 1.165) is 24.3 Å². The largest absolute Gasteiger partial charge is 0.496 e. The Kier molecular flexibility index (Phi) is 6.85. The third-order valence-corrected chi connectivity index (χ3v) is 4.86. The van der Waals surface area contributed by atoms with Gasteiger partial charge in [0.05, 0.1) is 19.1 Å². The van der Waals surface area contributed by atoms with Gasteiger partial charge in [0.2, 0.25) is 5.91 Å². The minimum Gasteiger partial charge on any atom is -0.496 e. The standard InChI is InChI=1S/C23H26N4O3/c1-4-26(5-2)18-12-10-17(11-13-18)25-22(28)15-27-16-24-20(14-23(27)29)19-8-6-7-9-21(19)30-3/h6-14,16H,4-5,15H2,1-3H3,(H,25,28). The summed E-state index contributed by atoms with van der Waals surface area (Å²) in [5.74, 6) is 0.340. The maximum Gasteiger partial charge on any atom is 0.254 e. The first kappa shape index (κ1) is 21.1. The molecule has 2 aromatic carbocycles. The summed E-state index contributed by atoms with van der Waals surface area (Å²) in [4.78, 5) is 31.4. The Hall–Kier alpha value is -3.61. The number of para-hydroxylation sites is 1. The average Bonchev–Trinajstić information content (AvgIpc) is 2.77. The Balaban J connectivity index is 1.69. The maximum absolute atomic E-state index is 12.5. The molecule has 0 saturated heterocycles. The molecule has 1 N–H and O–H groups in total. The molecule has 1 heterocycles. The van der Waals surface area contributed by atoms with Crippen LogP contribution in [0, 0.1) is 0 Å². The molecule has 0 radical (unpaired) electrons. The van der Waals surface area contributed by atoms with E-state index in [1.54, 1.807) is 7.11 Å². The molecule has 0 bridgehead atoms. The van der Waals surface area contributed by atoms with Crippen LogP contribution >= 0.6 is 0 Å². The van der Waals surface area contributed by atoms with Gasteiger partial charge >= 0.3 is 0 Å². The fourth-order valence-corrected chi connectivity index (χ4v) is 3.25. The Morgan fingerprint density at radius 3 is 2.43 bits per heavy atom. The monoisotopic (exact) mass is 406 g/mol. The Bertz CT molecular complexity index is 1060. The molecule has 1 amide bonds. The lowest BCUT2D eigenvalue weighted by molar-refractivity contribution is -0.116. The van der Waals surface area contributed by atoms with Crippen molar-refractivity contribution in [2.75, 3.05) is 30.4 Å². The Morgan fingerprint density at radius 1 is 1.10 bits per heavy atom. The van der Waals surface area contributed by atoms with Gasteiger partial charge in [0, 0.05) is 36.1 Å². The first-order valence-electron chi connectivity index (χ1n) is 9.90. The molecule has 7 heteroatoms. The van der Waals surface area contributed by atoms with E-state index in [-0.39, 0.29) is 18.0 Å². The van der Waals surface area contributed by atoms with E-state index in [4.69, 9.17) is 4.74 Å². The molecular weight excluding hydrogens is 380 g/mol. The molecule has 3 rings (SSSR count). The SMILES string of the molecule is CCN(CC)c1ccc(NC(=O)Cn2cnc(-c3ccccc3OC)cc2=O)cc1. The van der Waals surface area contributed by atoms with Crippen LogP contribution in [0.1, 0.15) is 13.8 Å². The summed E-state index contributed by atoms with van der Waals surface area (Å²) >= 11 is 0. The summed E-state index contributed by atoms with van der Waals surface area (Å²) in [7, 11) is 1.57. The highest BCUT2D eigenvalue weighted by Crippen LogP contribution is 2.26. The summed E-state index contributed by atoms with van der Waals surface area (Å²) in [6, 6.07) is 16.4. The first-order chi connectivity index (χ1) is 14.5. The highest BCUT2D eigenvalue weighted by Gasteiger charge is 2.11. The lowest BCUT2D eigenvalue weighted by atomic mass is 10.1. The van der Waals surface area contributed by atoms with Crippen LogP contribution in [0.2, 0.25) is 0 Å². The lowest BCUT2D eigenvalue weighted by Gasteiger charge is -2.21. The number of hydrogen-bond donors (Lipinski definition) is 1. The number of nitrogens with zero attached hydrogens (tertiary/aromatic N) is 3. The van der Waals surface area contributed by atoms with Gasteiger partial charge in [-0.2, -0.15) is 0 Å². The third-order valence-electron chi connectivity index (χ3n) is 4.86. The zero-order valence-electron chi connectivity index (χ0n) is 17.5. The predicted molar refractivity (Wildman–Crippen MR) is 119 cm³/mol. The van der Waals surface area contributed by atoms with E-state index in [9.17, 15) is 9.59 Å². The van der Waals surface area contributed by atoms with E-state index in [2.05, 4.69) is 29.0 Å². The molecule has 0 fully saturated rings. The molecule has 0 saturated carbocycles. The second-order valence-corrected chi connectivity index (χ2v) is 6.71.